The van der Waals surface area contributed by atoms with Gasteiger partial charge in [-0.25, -0.2) is 8.42 Å². The van der Waals surface area contributed by atoms with Gasteiger partial charge in [0.2, 0.25) is 0 Å². The van der Waals surface area contributed by atoms with Crippen molar-refractivity contribution in [3.63, 3.8) is 0 Å². The molecule has 2 aromatic carbocycles. The summed E-state index contributed by atoms with van der Waals surface area (Å²) in [6, 6.07) is 13.4. The zero-order valence-corrected chi connectivity index (χ0v) is 23.0. The molecule has 3 heterocycles. The Hall–Kier alpha value is -3.40. The van der Waals surface area contributed by atoms with Gasteiger partial charge in [-0.05, 0) is 75.5 Å². The van der Waals surface area contributed by atoms with E-state index in [9.17, 15) is 18.0 Å². The number of benzene rings is 2. The minimum absolute atomic E-state index is 0.0953. The van der Waals surface area contributed by atoms with Crippen molar-refractivity contribution < 1.29 is 18.0 Å². The number of carbonyl (C=O) groups excluding carboxylic acids is 2. The van der Waals surface area contributed by atoms with Crippen LogP contribution < -0.4 is 5.32 Å². The van der Waals surface area contributed by atoms with Crippen LogP contribution in [0.5, 0.6) is 0 Å². The Kier molecular flexibility index (Phi) is 6.94. The van der Waals surface area contributed by atoms with E-state index >= 15 is 0 Å². The number of aromatic amines is 1. The SMILES string of the molecule is Cc1cc(C(=O)N2CC[C@@H](N(C)C)C2)c(/C=C2\C(=O)Nc3ccc(S(=O)(=O)Cc4cccc(Cl)c4)cc32)[nH]1. The van der Waals surface area contributed by atoms with Crippen molar-refractivity contribution in [2.24, 2.45) is 0 Å². The summed E-state index contributed by atoms with van der Waals surface area (Å²) in [5, 5.41) is 3.26. The number of sulfone groups is 1. The number of nitrogens with one attached hydrogen (secondary N) is 2. The van der Waals surface area contributed by atoms with Gasteiger partial charge in [-0.1, -0.05) is 23.7 Å². The largest absolute Gasteiger partial charge is 0.358 e. The van der Waals surface area contributed by atoms with Crippen molar-refractivity contribution in [3.05, 3.63) is 81.6 Å². The number of nitrogens with zero attached hydrogens (tertiary/aromatic N) is 2. The van der Waals surface area contributed by atoms with Crippen LogP contribution >= 0.6 is 11.6 Å². The lowest BCUT2D eigenvalue weighted by Crippen LogP contribution is -2.34. The summed E-state index contributed by atoms with van der Waals surface area (Å²) in [7, 11) is 0.313. The number of likely N-dealkylation sites (tertiary alicyclic amines) is 1. The second-order valence-electron chi connectivity index (χ2n) is 10.0. The monoisotopic (exact) mass is 552 g/mol. The van der Waals surface area contributed by atoms with Gasteiger partial charge >= 0.3 is 0 Å². The van der Waals surface area contributed by atoms with Crippen molar-refractivity contribution in [1.29, 1.82) is 0 Å². The molecule has 5 rings (SSSR count). The number of halogens is 1. The maximum atomic E-state index is 13.4. The highest BCUT2D eigenvalue weighted by molar-refractivity contribution is 7.90. The van der Waals surface area contributed by atoms with E-state index in [1.807, 2.05) is 25.9 Å². The molecule has 10 heteroatoms. The maximum absolute atomic E-state index is 13.4. The van der Waals surface area contributed by atoms with E-state index in [0.29, 0.717) is 57.8 Å². The fourth-order valence-corrected chi connectivity index (χ4v) is 6.57. The number of fused-ring (bicyclic) bond motifs is 1. The first-order valence-electron chi connectivity index (χ1n) is 12.3. The molecule has 0 bridgehead atoms. The van der Waals surface area contributed by atoms with Crippen LogP contribution in [0, 0.1) is 6.92 Å². The molecule has 2 amide bonds. The lowest BCUT2D eigenvalue weighted by molar-refractivity contribution is -0.110. The first kappa shape index (κ1) is 26.2. The van der Waals surface area contributed by atoms with Crippen LogP contribution in [0.2, 0.25) is 5.02 Å². The molecule has 1 saturated heterocycles. The number of carbonyl (C=O) groups is 2. The highest BCUT2D eigenvalue weighted by Crippen LogP contribution is 2.36. The molecule has 0 spiro atoms. The number of aryl methyl sites for hydroxylation is 1. The summed E-state index contributed by atoms with van der Waals surface area (Å²) in [6.07, 6.45) is 2.54. The third kappa shape index (κ3) is 5.14. The van der Waals surface area contributed by atoms with Gasteiger partial charge in [-0.3, -0.25) is 9.59 Å². The Bertz CT molecular complexity index is 1580. The van der Waals surface area contributed by atoms with Crippen LogP contribution in [0.4, 0.5) is 5.69 Å². The van der Waals surface area contributed by atoms with Crippen LogP contribution in [-0.2, 0) is 20.4 Å². The molecule has 0 unspecified atom stereocenters. The van der Waals surface area contributed by atoms with Crippen LogP contribution in [0.3, 0.4) is 0 Å². The molecule has 2 aliphatic rings. The van der Waals surface area contributed by atoms with Gasteiger partial charge in [0.05, 0.1) is 27.5 Å². The molecule has 2 N–H and O–H groups in total. The molecule has 1 fully saturated rings. The topological polar surface area (TPSA) is 103 Å². The summed E-state index contributed by atoms with van der Waals surface area (Å²) >= 11 is 6.03. The number of hydrogen-bond acceptors (Lipinski definition) is 5. The third-order valence-electron chi connectivity index (χ3n) is 7.06. The number of rotatable bonds is 6. The molecule has 3 aromatic rings. The lowest BCUT2D eigenvalue weighted by Gasteiger charge is -2.20. The van der Waals surface area contributed by atoms with Gasteiger partial charge in [-0.2, -0.15) is 0 Å². The number of aromatic nitrogens is 1. The summed E-state index contributed by atoms with van der Waals surface area (Å²) in [5.74, 6) is -0.670. The molecule has 2 aliphatic heterocycles. The van der Waals surface area contributed by atoms with E-state index in [-0.39, 0.29) is 22.5 Å². The second kappa shape index (κ2) is 10.1. The van der Waals surface area contributed by atoms with Gasteiger partial charge in [0, 0.05) is 41.1 Å². The molecular weight excluding hydrogens is 524 g/mol. The van der Waals surface area contributed by atoms with Crippen molar-refractivity contribution in [1.82, 2.24) is 14.8 Å². The quantitative estimate of drug-likeness (QED) is 0.446. The van der Waals surface area contributed by atoms with E-state index < -0.39 is 9.84 Å². The summed E-state index contributed by atoms with van der Waals surface area (Å²) in [4.78, 5) is 33.6. The van der Waals surface area contributed by atoms with Crippen LogP contribution in [0.25, 0.3) is 11.6 Å². The van der Waals surface area contributed by atoms with Gasteiger partial charge in [-0.15, -0.1) is 0 Å². The zero-order valence-electron chi connectivity index (χ0n) is 21.4. The van der Waals surface area contributed by atoms with Crippen molar-refractivity contribution >= 4 is 50.6 Å². The van der Waals surface area contributed by atoms with Crippen LogP contribution in [0.1, 0.15) is 39.3 Å². The molecule has 38 heavy (non-hydrogen) atoms. The highest BCUT2D eigenvalue weighted by Gasteiger charge is 2.31. The Labute approximate surface area is 227 Å². The summed E-state index contributed by atoms with van der Waals surface area (Å²) in [5.41, 5.74) is 3.66. The van der Waals surface area contributed by atoms with Crippen LogP contribution in [0.15, 0.2) is 53.4 Å². The van der Waals surface area contributed by atoms with Crippen LogP contribution in [-0.4, -0.2) is 68.2 Å². The number of H-pyrrole nitrogens is 1. The molecule has 198 valence electrons. The number of anilines is 1. The number of hydrogen-bond donors (Lipinski definition) is 2. The Morgan fingerprint density at radius 2 is 1.97 bits per heavy atom. The fourth-order valence-electron chi connectivity index (χ4n) is 5.00. The highest BCUT2D eigenvalue weighted by atomic mass is 35.5. The smallest absolute Gasteiger partial charge is 0.256 e. The van der Waals surface area contributed by atoms with Gasteiger partial charge in [0.15, 0.2) is 9.84 Å². The lowest BCUT2D eigenvalue weighted by atomic mass is 10.0. The normalized spacial score (nSPS) is 18.3. The average molecular weight is 553 g/mol. The summed E-state index contributed by atoms with van der Waals surface area (Å²) < 4.78 is 26.4. The fraction of sp³-hybridized carbons (Fsp3) is 0.286. The molecule has 1 atom stereocenters. The molecular formula is C28H29ClN4O4S. The van der Waals surface area contributed by atoms with Gasteiger partial charge < -0.3 is 20.1 Å². The Morgan fingerprint density at radius 3 is 2.68 bits per heavy atom. The Balaban J connectivity index is 1.47. The van der Waals surface area contributed by atoms with Crippen molar-refractivity contribution in [2.75, 3.05) is 32.5 Å². The molecule has 0 aliphatic carbocycles. The second-order valence-corrected chi connectivity index (χ2v) is 12.5. The predicted octanol–water partition coefficient (Wildman–Crippen LogP) is 4.22. The van der Waals surface area contributed by atoms with E-state index in [1.165, 1.54) is 12.1 Å². The third-order valence-corrected chi connectivity index (χ3v) is 8.98. The van der Waals surface area contributed by atoms with E-state index in [2.05, 4.69) is 15.2 Å². The number of likely N-dealkylation sites (N-methyl/N-ethyl adjacent to an activating group) is 1. The van der Waals surface area contributed by atoms with E-state index in [0.717, 1.165) is 12.1 Å². The minimum Gasteiger partial charge on any atom is -0.358 e. The average Bonchev–Trinajstić information content (AvgIpc) is 3.56. The van der Waals surface area contributed by atoms with E-state index in [4.69, 9.17) is 11.6 Å². The summed E-state index contributed by atoms with van der Waals surface area (Å²) in [6.45, 7) is 3.16. The maximum Gasteiger partial charge on any atom is 0.256 e. The van der Waals surface area contributed by atoms with Crippen molar-refractivity contribution in [2.45, 2.75) is 30.0 Å². The molecule has 0 radical (unpaired) electrons. The van der Waals surface area contributed by atoms with Gasteiger partial charge in [0.25, 0.3) is 11.8 Å². The molecule has 0 saturated carbocycles. The van der Waals surface area contributed by atoms with Gasteiger partial charge in [0.1, 0.15) is 0 Å². The number of amides is 2. The first-order chi connectivity index (χ1) is 18.0. The van der Waals surface area contributed by atoms with Crippen molar-refractivity contribution in [3.8, 4) is 0 Å². The van der Waals surface area contributed by atoms with E-state index in [1.54, 1.807) is 42.5 Å². The first-order valence-corrected chi connectivity index (χ1v) is 14.3. The Morgan fingerprint density at radius 1 is 1.18 bits per heavy atom. The predicted molar refractivity (Wildman–Crippen MR) is 149 cm³/mol. The minimum atomic E-state index is -3.70. The molecule has 8 nitrogen and oxygen atoms in total. The zero-order chi connectivity index (χ0) is 27.2. The molecule has 1 aromatic heterocycles. The standard InChI is InChI=1S/C28H29ClN4O4S/c1-17-11-24(28(35)33-10-9-20(15-33)32(2)3)26(30-17)14-23-22-13-21(7-8-25(22)31-27(23)34)38(36,37)16-18-5-4-6-19(29)12-18/h4-8,11-14,20,30H,9-10,15-16H2,1-3H3,(H,31,34)/b23-14-/t20-/m1/s1.